The fraction of sp³-hybridized carbons (Fsp3) is 0.250. The monoisotopic (exact) mass is 583 g/mol. The summed E-state index contributed by atoms with van der Waals surface area (Å²) in [7, 11) is 0. The minimum Gasteiger partial charge on any atom is -0.481 e. The number of aromatic nitrogens is 2. The number of anilines is 3. The van der Waals surface area contributed by atoms with E-state index < -0.39 is 35.9 Å². The molecule has 41 heavy (non-hydrogen) atoms. The van der Waals surface area contributed by atoms with Gasteiger partial charge in [-0.2, -0.15) is 13.2 Å². The molecule has 2 aromatic carbocycles. The van der Waals surface area contributed by atoms with Crippen molar-refractivity contribution >= 4 is 56.5 Å². The van der Waals surface area contributed by atoms with E-state index in [9.17, 15) is 27.6 Å². The molecule has 0 aliphatic heterocycles. The van der Waals surface area contributed by atoms with Crippen LogP contribution >= 0.6 is 11.3 Å². The maximum atomic E-state index is 13.6. The second kappa shape index (κ2) is 11.2. The van der Waals surface area contributed by atoms with Crippen molar-refractivity contribution < 1.29 is 32.7 Å². The molecule has 1 fully saturated rings. The predicted octanol–water partition coefficient (Wildman–Crippen LogP) is 6.11. The van der Waals surface area contributed by atoms with Crippen LogP contribution in [0.2, 0.25) is 0 Å². The summed E-state index contributed by atoms with van der Waals surface area (Å²) in [5, 5.41) is 19.1. The Balaban J connectivity index is 1.34. The van der Waals surface area contributed by atoms with E-state index in [-0.39, 0.29) is 23.2 Å². The first-order valence-electron chi connectivity index (χ1n) is 12.6. The lowest BCUT2D eigenvalue weighted by Crippen LogP contribution is -2.16. The predicted molar refractivity (Wildman–Crippen MR) is 149 cm³/mol. The van der Waals surface area contributed by atoms with Crippen LogP contribution in [0.5, 0.6) is 0 Å². The van der Waals surface area contributed by atoms with Crippen molar-refractivity contribution in [2.45, 2.75) is 44.8 Å². The van der Waals surface area contributed by atoms with E-state index in [2.05, 4.69) is 25.9 Å². The number of rotatable bonds is 9. The summed E-state index contributed by atoms with van der Waals surface area (Å²) in [6.45, 7) is 1.74. The van der Waals surface area contributed by atoms with E-state index in [4.69, 9.17) is 5.11 Å². The number of nitrogens with zero attached hydrogens (tertiary/aromatic N) is 2. The molecular weight excluding hydrogens is 559 g/mol. The van der Waals surface area contributed by atoms with Crippen molar-refractivity contribution in [3.8, 4) is 0 Å². The van der Waals surface area contributed by atoms with Gasteiger partial charge in [0.05, 0.1) is 21.3 Å². The molecule has 0 unspecified atom stereocenters. The number of carbonyl (C=O) groups is 3. The first-order chi connectivity index (χ1) is 19.5. The molecular formula is C28H24F3N5O4S. The number of carboxylic acids is 1. The smallest absolute Gasteiger partial charge is 0.416 e. The Morgan fingerprint density at radius 1 is 1.05 bits per heavy atom. The molecule has 0 saturated heterocycles. The van der Waals surface area contributed by atoms with Crippen LogP contribution in [0.25, 0.3) is 10.2 Å². The standard InChI is InChI=1S/C28H24F3N5O4S/c1-14-2-3-16(26(39)35-18-6-4-15(5-9-22(37)38)20(11-18)28(29,30)31)10-21(14)36-27(40)19-12-41-24-23(19)32-13-33-25(24)34-17-7-8-17/h2-4,6,10-13,17H,5,7-9H2,1H3,(H,35,39)(H,36,40)(H,37,38)(H,32,33,34). The summed E-state index contributed by atoms with van der Waals surface area (Å²) in [6, 6.07) is 8.15. The SMILES string of the molecule is Cc1ccc(C(=O)Nc2ccc(CCC(=O)O)c(C(F)(F)F)c2)cc1NC(=O)c1csc2c(NC3CC3)ncnc12. The van der Waals surface area contributed by atoms with Crippen LogP contribution in [0.15, 0.2) is 48.1 Å². The lowest BCUT2D eigenvalue weighted by Gasteiger charge is -2.15. The number of aliphatic carboxylic acids is 1. The number of hydrogen-bond donors (Lipinski definition) is 4. The summed E-state index contributed by atoms with van der Waals surface area (Å²) in [6.07, 6.45) is -1.97. The van der Waals surface area contributed by atoms with Crippen molar-refractivity contribution in [3.63, 3.8) is 0 Å². The Morgan fingerprint density at radius 3 is 2.54 bits per heavy atom. The highest BCUT2D eigenvalue weighted by Gasteiger charge is 2.34. The molecule has 0 radical (unpaired) electrons. The van der Waals surface area contributed by atoms with Crippen molar-refractivity contribution in [2.75, 3.05) is 16.0 Å². The van der Waals surface area contributed by atoms with E-state index >= 15 is 0 Å². The Labute approximate surface area is 235 Å². The van der Waals surface area contributed by atoms with Gasteiger partial charge >= 0.3 is 12.1 Å². The van der Waals surface area contributed by atoms with Crippen LogP contribution in [-0.4, -0.2) is 38.9 Å². The van der Waals surface area contributed by atoms with Crippen LogP contribution in [0.4, 0.5) is 30.4 Å². The van der Waals surface area contributed by atoms with Gasteiger partial charge in [0.2, 0.25) is 0 Å². The zero-order valence-electron chi connectivity index (χ0n) is 21.6. The van der Waals surface area contributed by atoms with E-state index in [0.717, 1.165) is 29.7 Å². The number of halogens is 3. The van der Waals surface area contributed by atoms with Gasteiger partial charge in [0.25, 0.3) is 11.8 Å². The van der Waals surface area contributed by atoms with E-state index in [1.54, 1.807) is 18.4 Å². The van der Waals surface area contributed by atoms with Crippen molar-refractivity contribution in [2.24, 2.45) is 0 Å². The third kappa shape index (κ3) is 6.46. The number of thiophene rings is 1. The molecule has 2 amide bonds. The third-order valence-electron chi connectivity index (χ3n) is 6.55. The van der Waals surface area contributed by atoms with Crippen LogP contribution in [0.3, 0.4) is 0 Å². The van der Waals surface area contributed by atoms with Gasteiger partial charge in [0.15, 0.2) is 0 Å². The van der Waals surface area contributed by atoms with Crippen LogP contribution in [0.1, 0.15) is 56.7 Å². The number of aryl methyl sites for hydroxylation is 2. The zero-order valence-corrected chi connectivity index (χ0v) is 22.4. The summed E-state index contributed by atoms with van der Waals surface area (Å²) in [5.74, 6) is -1.65. The average Bonchev–Trinajstić information content (AvgIpc) is 3.62. The lowest BCUT2D eigenvalue weighted by atomic mass is 10.0. The molecule has 1 aliphatic carbocycles. The molecule has 13 heteroatoms. The Hall–Kier alpha value is -4.52. The second-order valence-electron chi connectivity index (χ2n) is 9.67. The van der Waals surface area contributed by atoms with E-state index in [1.807, 2.05) is 0 Å². The number of benzene rings is 2. The average molecular weight is 584 g/mol. The Morgan fingerprint density at radius 2 is 1.83 bits per heavy atom. The van der Waals surface area contributed by atoms with Gasteiger partial charge in [0.1, 0.15) is 12.1 Å². The molecule has 1 aliphatic rings. The highest BCUT2D eigenvalue weighted by Crippen LogP contribution is 2.35. The van der Waals surface area contributed by atoms with Crippen molar-refractivity contribution in [3.05, 3.63) is 75.9 Å². The highest BCUT2D eigenvalue weighted by atomic mass is 32.1. The highest BCUT2D eigenvalue weighted by molar-refractivity contribution is 7.18. The summed E-state index contributed by atoms with van der Waals surface area (Å²) in [4.78, 5) is 45.5. The molecule has 4 aromatic rings. The van der Waals surface area contributed by atoms with Gasteiger partial charge in [0, 0.05) is 34.8 Å². The molecule has 2 aromatic heterocycles. The number of nitrogens with one attached hydrogen (secondary N) is 3. The number of amides is 2. The minimum absolute atomic E-state index is 0.104. The lowest BCUT2D eigenvalue weighted by molar-refractivity contribution is -0.140. The summed E-state index contributed by atoms with van der Waals surface area (Å²) < 4.78 is 41.6. The Kier molecular flexibility index (Phi) is 7.63. The summed E-state index contributed by atoms with van der Waals surface area (Å²) in [5.41, 5.74) is 0.688. The zero-order chi connectivity index (χ0) is 29.3. The van der Waals surface area contributed by atoms with Gasteiger partial charge in [-0.15, -0.1) is 11.3 Å². The number of alkyl halides is 3. The van der Waals surface area contributed by atoms with Crippen LogP contribution in [-0.2, 0) is 17.4 Å². The topological polar surface area (TPSA) is 133 Å². The third-order valence-corrected chi connectivity index (χ3v) is 7.52. The van der Waals surface area contributed by atoms with E-state index in [0.29, 0.717) is 34.2 Å². The fourth-order valence-corrected chi connectivity index (χ4v) is 5.16. The number of fused-ring (bicyclic) bond motifs is 1. The maximum Gasteiger partial charge on any atom is 0.416 e. The molecule has 212 valence electrons. The van der Waals surface area contributed by atoms with Gasteiger partial charge < -0.3 is 21.1 Å². The molecule has 1 saturated carbocycles. The van der Waals surface area contributed by atoms with Crippen LogP contribution in [0, 0.1) is 6.92 Å². The number of hydrogen-bond acceptors (Lipinski definition) is 7. The number of carbonyl (C=O) groups excluding carboxylic acids is 2. The quantitative estimate of drug-likeness (QED) is 0.187. The van der Waals surface area contributed by atoms with Crippen molar-refractivity contribution in [1.82, 2.24) is 9.97 Å². The van der Waals surface area contributed by atoms with Crippen molar-refractivity contribution in [1.29, 1.82) is 0 Å². The number of carboxylic acid groups (broad SMARTS) is 1. The van der Waals surface area contributed by atoms with E-state index in [1.165, 1.54) is 35.9 Å². The molecule has 2 heterocycles. The molecule has 5 rings (SSSR count). The van der Waals surface area contributed by atoms with Gasteiger partial charge in [-0.1, -0.05) is 12.1 Å². The van der Waals surface area contributed by atoms with Gasteiger partial charge in [-0.3, -0.25) is 14.4 Å². The normalized spacial score (nSPS) is 13.2. The Bertz CT molecular complexity index is 1670. The summed E-state index contributed by atoms with van der Waals surface area (Å²) >= 11 is 1.35. The molecule has 0 atom stereocenters. The van der Waals surface area contributed by atoms with Gasteiger partial charge in [-0.25, -0.2) is 9.97 Å². The van der Waals surface area contributed by atoms with Gasteiger partial charge in [-0.05, 0) is 61.6 Å². The van der Waals surface area contributed by atoms with Crippen LogP contribution < -0.4 is 16.0 Å². The first kappa shape index (κ1) is 28.0. The molecule has 0 spiro atoms. The minimum atomic E-state index is -4.73. The largest absolute Gasteiger partial charge is 0.481 e. The molecule has 4 N–H and O–H groups in total. The second-order valence-corrected chi connectivity index (χ2v) is 10.5. The maximum absolute atomic E-state index is 13.6. The first-order valence-corrected chi connectivity index (χ1v) is 13.5. The molecule has 9 nitrogen and oxygen atoms in total. The fourth-order valence-electron chi connectivity index (χ4n) is 4.20. The molecule has 0 bridgehead atoms.